The molecule has 2 heterocycles. The Hall–Kier alpha value is -0.140. The molecule has 2 fully saturated rings. The molecule has 2 rings (SSSR count). The predicted octanol–water partition coefficient (Wildman–Crippen LogP) is 4.13. The quantitative estimate of drug-likeness (QED) is 0.532. The Morgan fingerprint density at radius 2 is 1.27 bits per heavy atom. The molecule has 2 saturated heterocycles. The van der Waals surface area contributed by atoms with E-state index >= 15 is 0 Å². The lowest BCUT2D eigenvalue weighted by molar-refractivity contribution is -0.119. The van der Waals surface area contributed by atoms with Gasteiger partial charge in [-0.3, -0.25) is 4.79 Å². The standard InChI is InChI=1S/C7H13NO.C7H15N.C2H7P.C2H6/c1-7-2-4-8(6-9)5-3-7;1-7-3-5-8(2)6-4-7;1-2-3;1-2/h6-7H,2-5H2,1H3;7H,3-6H2,1-2H3;2-3H2,1H3;1-2H3. The molecule has 0 bridgehead atoms. The van der Waals surface area contributed by atoms with Crippen molar-refractivity contribution in [2.75, 3.05) is 39.4 Å². The van der Waals surface area contributed by atoms with Crippen molar-refractivity contribution in [3.8, 4) is 0 Å². The van der Waals surface area contributed by atoms with Crippen LogP contribution in [0.4, 0.5) is 0 Å². The summed E-state index contributed by atoms with van der Waals surface area (Å²) < 4.78 is 0. The number of carbonyl (C=O) groups excluding carboxylic acids is 1. The van der Waals surface area contributed by atoms with Crippen molar-refractivity contribution in [1.82, 2.24) is 9.80 Å². The van der Waals surface area contributed by atoms with E-state index in [1.54, 1.807) is 0 Å². The first kappa shape index (κ1) is 24.1. The molecule has 2 aliphatic rings. The Morgan fingerprint density at radius 3 is 1.55 bits per heavy atom. The summed E-state index contributed by atoms with van der Waals surface area (Å²) in [5.74, 6) is 1.80. The van der Waals surface area contributed by atoms with Gasteiger partial charge in [-0.25, -0.2) is 0 Å². The Bertz CT molecular complexity index is 213. The Balaban J connectivity index is 0. The van der Waals surface area contributed by atoms with Crippen LogP contribution < -0.4 is 0 Å². The lowest BCUT2D eigenvalue weighted by atomic mass is 10.00. The largest absolute Gasteiger partial charge is 0.345 e. The van der Waals surface area contributed by atoms with Gasteiger partial charge in [0.15, 0.2) is 0 Å². The number of amides is 1. The van der Waals surface area contributed by atoms with Gasteiger partial charge in [-0.1, -0.05) is 34.6 Å². The van der Waals surface area contributed by atoms with Crippen LogP contribution in [-0.2, 0) is 4.79 Å². The number of hydrogen-bond acceptors (Lipinski definition) is 2. The molecule has 1 unspecified atom stereocenters. The third-order valence-electron chi connectivity index (χ3n) is 3.97. The second-order valence-corrected chi connectivity index (χ2v) is 7.03. The topological polar surface area (TPSA) is 23.6 Å². The van der Waals surface area contributed by atoms with Crippen LogP contribution >= 0.6 is 9.24 Å². The van der Waals surface area contributed by atoms with Gasteiger partial charge in [0, 0.05) is 13.1 Å². The molecule has 0 saturated carbocycles. The molecule has 0 radical (unpaired) electrons. The van der Waals surface area contributed by atoms with Crippen molar-refractivity contribution in [3.63, 3.8) is 0 Å². The molecule has 134 valence electrons. The summed E-state index contributed by atoms with van der Waals surface area (Å²) in [5, 5.41) is 0. The fourth-order valence-corrected chi connectivity index (χ4v) is 2.27. The Labute approximate surface area is 142 Å². The monoisotopic (exact) mass is 332 g/mol. The number of piperidine rings is 2. The maximum absolute atomic E-state index is 10.2. The highest BCUT2D eigenvalue weighted by atomic mass is 31.0. The molecule has 1 amide bonds. The van der Waals surface area contributed by atoms with Gasteiger partial charge in [0.05, 0.1) is 0 Å². The highest BCUT2D eigenvalue weighted by Crippen LogP contribution is 2.14. The molecule has 0 spiro atoms. The molecule has 2 aliphatic heterocycles. The first-order chi connectivity index (χ1) is 10.5. The number of nitrogens with zero attached hydrogens (tertiary/aromatic N) is 2. The second kappa shape index (κ2) is 17.2. The minimum absolute atomic E-state index is 0.821. The van der Waals surface area contributed by atoms with Gasteiger partial charge in [0.25, 0.3) is 0 Å². The Kier molecular flexibility index (Phi) is 18.9. The van der Waals surface area contributed by atoms with Crippen LogP contribution in [0.5, 0.6) is 0 Å². The summed E-state index contributed by atoms with van der Waals surface area (Å²) in [6, 6.07) is 0. The van der Waals surface area contributed by atoms with Crippen LogP contribution in [0.15, 0.2) is 0 Å². The van der Waals surface area contributed by atoms with Gasteiger partial charge < -0.3 is 9.80 Å². The highest BCUT2D eigenvalue weighted by Gasteiger charge is 2.12. The van der Waals surface area contributed by atoms with Crippen LogP contribution in [0.3, 0.4) is 0 Å². The third kappa shape index (κ3) is 14.8. The summed E-state index contributed by atoms with van der Waals surface area (Å²) >= 11 is 0. The molecule has 4 heteroatoms. The fraction of sp³-hybridized carbons (Fsp3) is 0.944. The van der Waals surface area contributed by atoms with Gasteiger partial charge in [-0.05, 0) is 63.8 Å². The minimum atomic E-state index is 0.821. The average Bonchev–Trinajstić information content (AvgIpc) is 2.54. The number of carbonyl (C=O) groups is 1. The molecule has 3 nitrogen and oxygen atoms in total. The summed E-state index contributed by atoms with van der Waals surface area (Å²) in [7, 11) is 4.78. The van der Waals surface area contributed by atoms with E-state index < -0.39 is 0 Å². The molecule has 0 N–H and O–H groups in total. The lowest BCUT2D eigenvalue weighted by Crippen LogP contribution is -2.31. The van der Waals surface area contributed by atoms with E-state index in [1.807, 2.05) is 18.7 Å². The maximum atomic E-state index is 10.2. The maximum Gasteiger partial charge on any atom is 0.209 e. The van der Waals surface area contributed by atoms with Gasteiger partial charge in [-0.2, -0.15) is 0 Å². The smallest absolute Gasteiger partial charge is 0.209 e. The molecule has 0 aliphatic carbocycles. The average molecular weight is 333 g/mol. The zero-order valence-corrected chi connectivity index (χ0v) is 17.1. The van der Waals surface area contributed by atoms with E-state index in [-0.39, 0.29) is 0 Å². The first-order valence-electron chi connectivity index (χ1n) is 9.11. The van der Waals surface area contributed by atoms with Crippen LogP contribution in [0.1, 0.15) is 60.3 Å². The van der Waals surface area contributed by atoms with Crippen molar-refractivity contribution in [1.29, 1.82) is 0 Å². The van der Waals surface area contributed by atoms with E-state index in [4.69, 9.17) is 0 Å². The SMILES string of the molecule is CC.CC1CCN(C)CC1.CC1CCN(C=O)CC1.CCP. The van der Waals surface area contributed by atoms with Gasteiger partial charge in [-0.15, -0.1) is 9.24 Å². The normalized spacial score (nSPS) is 19.7. The summed E-state index contributed by atoms with van der Waals surface area (Å²) in [6.45, 7) is 15.2. The minimum Gasteiger partial charge on any atom is -0.345 e. The zero-order chi connectivity index (χ0) is 17.4. The molecule has 0 aromatic heterocycles. The van der Waals surface area contributed by atoms with Crippen LogP contribution in [0.25, 0.3) is 0 Å². The van der Waals surface area contributed by atoms with Crippen molar-refractivity contribution in [2.24, 2.45) is 11.8 Å². The summed E-state index contributed by atoms with van der Waals surface area (Å²) in [6.07, 6.45) is 7.27. The lowest BCUT2D eigenvalue weighted by Gasteiger charge is -2.26. The summed E-state index contributed by atoms with van der Waals surface area (Å²) in [4.78, 5) is 14.4. The predicted molar refractivity (Wildman–Crippen MR) is 104 cm³/mol. The van der Waals surface area contributed by atoms with Crippen molar-refractivity contribution in [2.45, 2.75) is 60.3 Å². The van der Waals surface area contributed by atoms with Crippen molar-refractivity contribution in [3.05, 3.63) is 0 Å². The molecule has 0 aromatic carbocycles. The van der Waals surface area contributed by atoms with E-state index in [0.29, 0.717) is 0 Å². The summed E-state index contributed by atoms with van der Waals surface area (Å²) in [5.41, 5.74) is 0. The molecule has 22 heavy (non-hydrogen) atoms. The molecular formula is C18H41N2OP. The fourth-order valence-electron chi connectivity index (χ4n) is 2.27. The number of rotatable bonds is 1. The van der Waals surface area contributed by atoms with Crippen molar-refractivity contribution >= 4 is 15.6 Å². The van der Waals surface area contributed by atoms with E-state index in [1.165, 1.54) is 44.9 Å². The van der Waals surface area contributed by atoms with Crippen LogP contribution in [-0.4, -0.2) is 55.6 Å². The Morgan fingerprint density at radius 1 is 0.955 bits per heavy atom. The van der Waals surface area contributed by atoms with Gasteiger partial charge in [0.1, 0.15) is 0 Å². The van der Waals surface area contributed by atoms with Gasteiger partial charge in [0.2, 0.25) is 6.41 Å². The molecular weight excluding hydrogens is 291 g/mol. The van der Waals surface area contributed by atoms with Crippen LogP contribution in [0.2, 0.25) is 0 Å². The van der Waals surface area contributed by atoms with Crippen molar-refractivity contribution < 1.29 is 4.79 Å². The van der Waals surface area contributed by atoms with E-state index in [2.05, 4.69) is 42.0 Å². The van der Waals surface area contributed by atoms with Gasteiger partial charge >= 0.3 is 0 Å². The second-order valence-electron chi connectivity index (χ2n) is 6.22. The molecule has 1 atom stereocenters. The number of likely N-dealkylation sites (tertiary alicyclic amines) is 2. The van der Waals surface area contributed by atoms with Crippen LogP contribution in [0, 0.1) is 11.8 Å². The third-order valence-corrected chi connectivity index (χ3v) is 3.97. The highest BCUT2D eigenvalue weighted by molar-refractivity contribution is 7.16. The van der Waals surface area contributed by atoms with E-state index in [0.717, 1.165) is 31.3 Å². The first-order valence-corrected chi connectivity index (χ1v) is 9.93. The number of hydrogen-bond donors (Lipinski definition) is 0. The zero-order valence-electron chi connectivity index (χ0n) is 16.0. The van der Waals surface area contributed by atoms with E-state index in [9.17, 15) is 4.79 Å². The molecule has 0 aromatic rings.